The van der Waals surface area contributed by atoms with Gasteiger partial charge in [-0.1, -0.05) is 5.16 Å². The molecule has 0 radical (unpaired) electrons. The van der Waals surface area contributed by atoms with E-state index in [0.717, 1.165) is 18.7 Å². The predicted molar refractivity (Wildman–Crippen MR) is 63.1 cm³/mol. The second kappa shape index (κ2) is 4.91. The fraction of sp³-hybridized carbons (Fsp3) is 0.500. The molecule has 1 aliphatic rings. The highest BCUT2D eigenvalue weighted by Crippen LogP contribution is 2.21. The van der Waals surface area contributed by atoms with Crippen LogP contribution in [-0.4, -0.2) is 35.9 Å². The average molecular weight is 249 g/mol. The van der Waals surface area contributed by atoms with Crippen LogP contribution in [0.3, 0.4) is 0 Å². The number of morpholine rings is 1. The van der Waals surface area contributed by atoms with Crippen molar-refractivity contribution in [1.82, 2.24) is 15.5 Å². The first-order valence-corrected chi connectivity index (χ1v) is 6.01. The van der Waals surface area contributed by atoms with E-state index in [2.05, 4.69) is 15.5 Å². The van der Waals surface area contributed by atoms with Gasteiger partial charge in [0.25, 0.3) is 0 Å². The summed E-state index contributed by atoms with van der Waals surface area (Å²) < 4.78 is 15.9. The van der Waals surface area contributed by atoms with Gasteiger partial charge in [0.1, 0.15) is 0 Å². The second-order valence-corrected chi connectivity index (χ2v) is 4.37. The molecule has 6 nitrogen and oxygen atoms in total. The molecule has 1 N–H and O–H groups in total. The van der Waals surface area contributed by atoms with Crippen LogP contribution in [0.15, 0.2) is 21.3 Å². The maximum Gasteiger partial charge on any atom is 0.238 e. The predicted octanol–water partition coefficient (Wildman–Crippen LogP) is 1.17. The van der Waals surface area contributed by atoms with Crippen molar-refractivity contribution in [1.29, 1.82) is 0 Å². The highest BCUT2D eigenvalue weighted by molar-refractivity contribution is 5.50. The zero-order chi connectivity index (χ0) is 12.4. The van der Waals surface area contributed by atoms with E-state index in [9.17, 15) is 0 Å². The summed E-state index contributed by atoms with van der Waals surface area (Å²) in [6.07, 6.45) is 2.30. The summed E-state index contributed by atoms with van der Waals surface area (Å²) in [5.41, 5.74) is 1.00. The minimum absolute atomic E-state index is 0.241. The number of hydrogen-bond acceptors (Lipinski definition) is 6. The summed E-state index contributed by atoms with van der Waals surface area (Å²) in [5, 5.41) is 7.28. The lowest BCUT2D eigenvalue weighted by molar-refractivity contribution is 0.0744. The normalized spacial score (nSPS) is 20.2. The lowest BCUT2D eigenvalue weighted by atomic mass is 10.2. The topological polar surface area (TPSA) is 73.3 Å². The summed E-state index contributed by atoms with van der Waals surface area (Å²) >= 11 is 0. The summed E-state index contributed by atoms with van der Waals surface area (Å²) in [4.78, 5) is 4.34. The Labute approximate surface area is 104 Å². The Balaban J connectivity index is 1.71. The molecule has 0 amide bonds. The van der Waals surface area contributed by atoms with Crippen molar-refractivity contribution >= 4 is 0 Å². The molecule has 6 heteroatoms. The van der Waals surface area contributed by atoms with Gasteiger partial charge in [0.2, 0.25) is 11.7 Å². The number of aromatic nitrogens is 2. The molecule has 2 aromatic rings. The van der Waals surface area contributed by atoms with E-state index in [1.54, 1.807) is 6.26 Å². The highest BCUT2D eigenvalue weighted by Gasteiger charge is 2.19. The molecule has 3 heterocycles. The van der Waals surface area contributed by atoms with Crippen molar-refractivity contribution in [3.8, 4) is 11.6 Å². The van der Waals surface area contributed by atoms with Gasteiger partial charge < -0.3 is 19.0 Å². The van der Waals surface area contributed by atoms with Crippen LogP contribution in [0.5, 0.6) is 0 Å². The summed E-state index contributed by atoms with van der Waals surface area (Å²) in [7, 11) is 0. The minimum atomic E-state index is 0.241. The van der Waals surface area contributed by atoms with Gasteiger partial charge in [0.15, 0.2) is 5.76 Å². The van der Waals surface area contributed by atoms with Gasteiger partial charge in [-0.25, -0.2) is 0 Å². The number of rotatable bonds is 3. The van der Waals surface area contributed by atoms with E-state index in [1.165, 1.54) is 0 Å². The van der Waals surface area contributed by atoms with Crippen LogP contribution in [0.1, 0.15) is 11.5 Å². The van der Waals surface area contributed by atoms with Crippen LogP contribution in [0, 0.1) is 6.92 Å². The van der Waals surface area contributed by atoms with Gasteiger partial charge in [-0.05, 0) is 18.6 Å². The second-order valence-electron chi connectivity index (χ2n) is 4.37. The summed E-state index contributed by atoms with van der Waals surface area (Å²) in [6.45, 7) is 4.25. The third-order valence-electron chi connectivity index (χ3n) is 2.95. The van der Waals surface area contributed by atoms with E-state index in [0.29, 0.717) is 30.5 Å². The van der Waals surface area contributed by atoms with Crippen LogP contribution in [0.25, 0.3) is 11.6 Å². The van der Waals surface area contributed by atoms with Crippen molar-refractivity contribution in [2.24, 2.45) is 0 Å². The molecule has 0 bridgehead atoms. The first-order valence-electron chi connectivity index (χ1n) is 6.01. The summed E-state index contributed by atoms with van der Waals surface area (Å²) in [6, 6.07) is 2.12. The van der Waals surface area contributed by atoms with E-state index >= 15 is 0 Å². The molecule has 1 atom stereocenters. The molecule has 18 heavy (non-hydrogen) atoms. The molecular weight excluding hydrogens is 234 g/mol. The van der Waals surface area contributed by atoms with E-state index in [1.807, 2.05) is 13.0 Å². The Morgan fingerprint density at radius 2 is 2.44 bits per heavy atom. The Morgan fingerprint density at radius 1 is 1.50 bits per heavy atom. The van der Waals surface area contributed by atoms with Crippen molar-refractivity contribution < 1.29 is 13.7 Å². The molecule has 2 aromatic heterocycles. The molecule has 1 aliphatic heterocycles. The smallest absolute Gasteiger partial charge is 0.238 e. The van der Waals surface area contributed by atoms with Gasteiger partial charge in [-0.15, -0.1) is 0 Å². The van der Waals surface area contributed by atoms with Crippen LogP contribution in [0.2, 0.25) is 0 Å². The Kier molecular flexibility index (Phi) is 3.12. The largest absolute Gasteiger partial charge is 0.461 e. The molecular formula is C12H15N3O3. The van der Waals surface area contributed by atoms with Gasteiger partial charge in [0.05, 0.1) is 19.5 Å². The van der Waals surface area contributed by atoms with Crippen LogP contribution in [0.4, 0.5) is 0 Å². The van der Waals surface area contributed by atoms with E-state index < -0.39 is 0 Å². The Hall–Kier alpha value is -1.66. The molecule has 0 saturated carbocycles. The highest BCUT2D eigenvalue weighted by atomic mass is 16.5. The van der Waals surface area contributed by atoms with Gasteiger partial charge in [-0.3, -0.25) is 0 Å². The molecule has 1 unspecified atom stereocenters. The number of hydrogen-bond donors (Lipinski definition) is 1. The Morgan fingerprint density at radius 3 is 3.17 bits per heavy atom. The maximum atomic E-state index is 5.38. The number of nitrogens with zero attached hydrogens (tertiary/aromatic N) is 2. The number of ether oxygens (including phenoxy) is 1. The molecule has 0 spiro atoms. The number of furan rings is 1. The molecule has 0 aliphatic carbocycles. The lowest BCUT2D eigenvalue weighted by Crippen LogP contribution is -2.42. The van der Waals surface area contributed by atoms with Gasteiger partial charge >= 0.3 is 0 Å². The molecule has 96 valence electrons. The monoisotopic (exact) mass is 249 g/mol. The number of aryl methyl sites for hydroxylation is 1. The first-order chi connectivity index (χ1) is 8.83. The quantitative estimate of drug-likeness (QED) is 0.880. The van der Waals surface area contributed by atoms with Crippen LogP contribution in [-0.2, 0) is 11.2 Å². The van der Waals surface area contributed by atoms with E-state index in [4.69, 9.17) is 13.7 Å². The zero-order valence-electron chi connectivity index (χ0n) is 10.2. The van der Waals surface area contributed by atoms with Gasteiger partial charge in [-0.2, -0.15) is 4.98 Å². The fourth-order valence-corrected chi connectivity index (χ4v) is 1.99. The average Bonchev–Trinajstić information content (AvgIpc) is 2.99. The third-order valence-corrected chi connectivity index (χ3v) is 2.95. The van der Waals surface area contributed by atoms with Crippen LogP contribution >= 0.6 is 0 Å². The van der Waals surface area contributed by atoms with Crippen molar-refractivity contribution in [3.63, 3.8) is 0 Å². The molecule has 1 fully saturated rings. The summed E-state index contributed by atoms with van der Waals surface area (Å²) in [5.74, 6) is 1.77. The molecule has 3 rings (SSSR count). The fourth-order valence-electron chi connectivity index (χ4n) is 1.99. The minimum Gasteiger partial charge on any atom is -0.461 e. The van der Waals surface area contributed by atoms with Crippen molar-refractivity contribution in [3.05, 3.63) is 23.8 Å². The SMILES string of the molecule is Cc1ccoc1-c1noc(CC2COCCN2)n1. The van der Waals surface area contributed by atoms with Crippen LogP contribution < -0.4 is 5.32 Å². The standard InChI is InChI=1S/C12H15N3O3/c1-8-2-4-17-11(8)12-14-10(18-15-12)6-9-7-16-5-3-13-9/h2,4,9,13H,3,5-7H2,1H3. The first kappa shape index (κ1) is 11.4. The van der Waals surface area contributed by atoms with Crippen molar-refractivity contribution in [2.45, 2.75) is 19.4 Å². The van der Waals surface area contributed by atoms with Gasteiger partial charge in [0, 0.05) is 19.0 Å². The molecule has 0 aromatic carbocycles. The molecule has 1 saturated heterocycles. The maximum absolute atomic E-state index is 5.38. The van der Waals surface area contributed by atoms with E-state index in [-0.39, 0.29) is 6.04 Å². The Bertz CT molecular complexity index is 514. The lowest BCUT2D eigenvalue weighted by Gasteiger charge is -2.22. The zero-order valence-corrected chi connectivity index (χ0v) is 10.2. The third kappa shape index (κ3) is 2.30. The van der Waals surface area contributed by atoms with Crippen molar-refractivity contribution in [2.75, 3.05) is 19.8 Å². The number of nitrogens with one attached hydrogen (secondary N) is 1.